The second kappa shape index (κ2) is 6.56. The van der Waals surface area contributed by atoms with Crippen LogP contribution in [0.1, 0.15) is 19.7 Å². The Morgan fingerprint density at radius 2 is 2.21 bits per heavy atom. The Bertz CT molecular complexity index is 420. The summed E-state index contributed by atoms with van der Waals surface area (Å²) in [6.45, 7) is 8.94. The highest BCUT2D eigenvalue weighted by Crippen LogP contribution is 2.05. The molecule has 0 aromatic carbocycles. The minimum absolute atomic E-state index is 0.531. The van der Waals surface area contributed by atoms with Gasteiger partial charge >= 0.3 is 0 Å². The van der Waals surface area contributed by atoms with E-state index in [0.717, 1.165) is 38.7 Å². The van der Waals surface area contributed by atoms with Gasteiger partial charge in [-0.25, -0.2) is 9.98 Å². The first-order valence-corrected chi connectivity index (χ1v) is 6.79. The average Bonchev–Trinajstić information content (AvgIpc) is 2.83. The van der Waals surface area contributed by atoms with Crippen LogP contribution in [0.25, 0.3) is 0 Å². The van der Waals surface area contributed by atoms with Gasteiger partial charge in [0.1, 0.15) is 12.4 Å². The van der Waals surface area contributed by atoms with Gasteiger partial charge in [-0.05, 0) is 5.92 Å². The quantitative estimate of drug-likeness (QED) is 0.642. The Morgan fingerprint density at radius 1 is 1.47 bits per heavy atom. The molecule has 1 aromatic heterocycles. The van der Waals surface area contributed by atoms with Gasteiger partial charge in [0.05, 0.1) is 13.2 Å². The van der Waals surface area contributed by atoms with Crippen LogP contribution in [0.2, 0.25) is 0 Å². The van der Waals surface area contributed by atoms with Crippen molar-refractivity contribution in [2.45, 2.75) is 26.9 Å². The summed E-state index contributed by atoms with van der Waals surface area (Å²) in [5.41, 5.74) is 6.00. The number of hydrogen-bond acceptors (Lipinski definition) is 3. The van der Waals surface area contributed by atoms with Gasteiger partial charge in [0.25, 0.3) is 0 Å². The van der Waals surface area contributed by atoms with E-state index in [1.165, 1.54) is 0 Å². The number of aromatic nitrogens is 2. The van der Waals surface area contributed by atoms with E-state index in [0.29, 0.717) is 18.4 Å². The lowest BCUT2D eigenvalue weighted by molar-refractivity contribution is 0.0674. The summed E-state index contributed by atoms with van der Waals surface area (Å²) in [6.07, 6.45) is 3.81. The van der Waals surface area contributed by atoms with Gasteiger partial charge in [-0.15, -0.1) is 0 Å². The molecule has 1 fully saturated rings. The van der Waals surface area contributed by atoms with E-state index in [1.54, 1.807) is 0 Å². The Balaban J connectivity index is 1.95. The fourth-order valence-corrected chi connectivity index (χ4v) is 2.10. The fourth-order valence-electron chi connectivity index (χ4n) is 2.10. The summed E-state index contributed by atoms with van der Waals surface area (Å²) in [4.78, 5) is 10.8. The van der Waals surface area contributed by atoms with Crippen LogP contribution in [-0.2, 0) is 17.8 Å². The van der Waals surface area contributed by atoms with E-state index in [2.05, 4.69) is 33.3 Å². The summed E-state index contributed by atoms with van der Waals surface area (Å²) in [5, 5.41) is 0. The number of morpholine rings is 1. The van der Waals surface area contributed by atoms with Gasteiger partial charge in [-0.2, -0.15) is 0 Å². The molecule has 19 heavy (non-hydrogen) atoms. The minimum Gasteiger partial charge on any atom is -0.378 e. The molecule has 0 spiro atoms. The molecule has 1 aromatic rings. The molecule has 2 heterocycles. The third kappa shape index (κ3) is 3.96. The molecule has 0 radical (unpaired) electrons. The van der Waals surface area contributed by atoms with Crippen LogP contribution in [0.4, 0.5) is 0 Å². The maximum atomic E-state index is 6.00. The molecule has 0 unspecified atom stereocenters. The molecule has 6 heteroatoms. The first-order chi connectivity index (χ1) is 9.16. The molecule has 1 saturated heterocycles. The van der Waals surface area contributed by atoms with E-state index < -0.39 is 0 Å². The minimum atomic E-state index is 0.531. The number of nitrogens with two attached hydrogens (primary N) is 1. The van der Waals surface area contributed by atoms with Crippen molar-refractivity contribution in [2.24, 2.45) is 16.6 Å². The topological polar surface area (TPSA) is 68.7 Å². The maximum absolute atomic E-state index is 6.00. The lowest BCUT2D eigenvalue weighted by Crippen LogP contribution is -2.44. The predicted molar refractivity (Wildman–Crippen MR) is 74.8 cm³/mol. The number of guanidine groups is 1. The Hall–Kier alpha value is -1.56. The van der Waals surface area contributed by atoms with Crippen molar-refractivity contribution >= 4 is 5.96 Å². The van der Waals surface area contributed by atoms with Crippen LogP contribution in [-0.4, -0.2) is 46.7 Å². The highest BCUT2D eigenvalue weighted by atomic mass is 16.5. The largest absolute Gasteiger partial charge is 0.378 e. The highest BCUT2D eigenvalue weighted by molar-refractivity contribution is 5.78. The second-order valence-corrected chi connectivity index (χ2v) is 5.16. The summed E-state index contributed by atoms with van der Waals surface area (Å²) in [7, 11) is 0. The molecule has 0 amide bonds. The van der Waals surface area contributed by atoms with Crippen LogP contribution in [0.3, 0.4) is 0 Å². The van der Waals surface area contributed by atoms with Crippen LogP contribution in [0.5, 0.6) is 0 Å². The third-order valence-electron chi connectivity index (χ3n) is 3.08. The Labute approximate surface area is 114 Å². The summed E-state index contributed by atoms with van der Waals surface area (Å²) in [5.74, 6) is 2.14. The number of nitrogens with zero attached hydrogens (tertiary/aromatic N) is 4. The number of hydrogen-bond donors (Lipinski definition) is 1. The average molecular weight is 265 g/mol. The van der Waals surface area contributed by atoms with E-state index in [4.69, 9.17) is 10.5 Å². The van der Waals surface area contributed by atoms with E-state index in [9.17, 15) is 0 Å². The summed E-state index contributed by atoms with van der Waals surface area (Å²) in [6, 6.07) is 0. The number of rotatable bonds is 4. The van der Waals surface area contributed by atoms with Gasteiger partial charge in [0, 0.05) is 32.0 Å². The Kier molecular flexibility index (Phi) is 4.79. The number of imidazole rings is 1. The molecule has 1 aliphatic rings. The van der Waals surface area contributed by atoms with Crippen molar-refractivity contribution < 1.29 is 4.74 Å². The molecule has 0 bridgehead atoms. The third-order valence-corrected chi connectivity index (χ3v) is 3.08. The molecular formula is C13H23N5O. The first kappa shape index (κ1) is 13.9. The van der Waals surface area contributed by atoms with E-state index >= 15 is 0 Å². The van der Waals surface area contributed by atoms with Gasteiger partial charge < -0.3 is 19.9 Å². The first-order valence-electron chi connectivity index (χ1n) is 6.79. The standard InChI is InChI=1S/C13H23N5O/c1-11(2)10-18-4-3-15-12(18)9-16-13(14)17-5-7-19-8-6-17/h3-4,11H,5-10H2,1-2H3,(H2,14,16). The normalized spacial score (nSPS) is 17.2. The van der Waals surface area contributed by atoms with Crippen molar-refractivity contribution in [1.29, 1.82) is 0 Å². The van der Waals surface area contributed by atoms with Crippen molar-refractivity contribution in [1.82, 2.24) is 14.5 Å². The maximum Gasteiger partial charge on any atom is 0.191 e. The Morgan fingerprint density at radius 3 is 2.89 bits per heavy atom. The van der Waals surface area contributed by atoms with Crippen molar-refractivity contribution in [3.63, 3.8) is 0 Å². The molecule has 0 saturated carbocycles. The summed E-state index contributed by atoms with van der Waals surface area (Å²) < 4.78 is 7.43. The van der Waals surface area contributed by atoms with Crippen molar-refractivity contribution in [3.8, 4) is 0 Å². The molecule has 106 valence electrons. The van der Waals surface area contributed by atoms with Crippen molar-refractivity contribution in [2.75, 3.05) is 26.3 Å². The van der Waals surface area contributed by atoms with Gasteiger partial charge in [-0.3, -0.25) is 0 Å². The van der Waals surface area contributed by atoms with Gasteiger partial charge in [-0.1, -0.05) is 13.8 Å². The molecule has 6 nitrogen and oxygen atoms in total. The highest BCUT2D eigenvalue weighted by Gasteiger charge is 2.12. The van der Waals surface area contributed by atoms with Gasteiger partial charge in [0.2, 0.25) is 0 Å². The van der Waals surface area contributed by atoms with Crippen molar-refractivity contribution in [3.05, 3.63) is 18.2 Å². The van der Waals surface area contributed by atoms with Gasteiger partial charge in [0.15, 0.2) is 5.96 Å². The summed E-state index contributed by atoms with van der Waals surface area (Å²) >= 11 is 0. The molecule has 2 rings (SSSR count). The van der Waals surface area contributed by atoms with E-state index in [1.807, 2.05) is 12.4 Å². The van der Waals surface area contributed by atoms with E-state index in [-0.39, 0.29) is 0 Å². The number of aliphatic imine (C=N–C) groups is 1. The molecule has 0 atom stereocenters. The second-order valence-electron chi connectivity index (χ2n) is 5.16. The molecule has 2 N–H and O–H groups in total. The number of ether oxygens (including phenoxy) is 1. The monoisotopic (exact) mass is 265 g/mol. The van der Waals surface area contributed by atoms with Crippen LogP contribution in [0.15, 0.2) is 17.4 Å². The molecule has 0 aliphatic carbocycles. The predicted octanol–water partition coefficient (Wildman–Crippen LogP) is 0.686. The zero-order valence-corrected chi connectivity index (χ0v) is 11.7. The molecule has 1 aliphatic heterocycles. The zero-order chi connectivity index (χ0) is 13.7. The lowest BCUT2D eigenvalue weighted by Gasteiger charge is -2.27. The van der Waals surface area contributed by atoms with Crippen LogP contribution in [0, 0.1) is 5.92 Å². The zero-order valence-electron chi connectivity index (χ0n) is 11.7. The molecular weight excluding hydrogens is 242 g/mol. The van der Waals surface area contributed by atoms with Crippen LogP contribution >= 0.6 is 0 Å². The van der Waals surface area contributed by atoms with Crippen LogP contribution < -0.4 is 5.73 Å². The lowest BCUT2D eigenvalue weighted by atomic mass is 10.2. The SMILES string of the molecule is CC(C)Cn1ccnc1CN=C(N)N1CCOCC1. The fraction of sp³-hybridized carbons (Fsp3) is 0.692. The smallest absolute Gasteiger partial charge is 0.191 e.